The summed E-state index contributed by atoms with van der Waals surface area (Å²) < 4.78 is 6.36. The molecule has 1 atom stereocenters. The second-order valence-electron chi connectivity index (χ2n) is 7.89. The number of benzene rings is 3. The molecule has 0 aliphatic carbocycles. The lowest BCUT2D eigenvalue weighted by molar-refractivity contribution is -0.126. The Labute approximate surface area is 186 Å². The zero-order valence-electron chi connectivity index (χ0n) is 17.8. The second kappa shape index (κ2) is 9.41. The Hall–Kier alpha value is -3.02. The van der Waals surface area contributed by atoms with E-state index in [4.69, 9.17) is 9.72 Å². The summed E-state index contributed by atoms with van der Waals surface area (Å²) in [4.78, 5) is 18.3. The third kappa shape index (κ3) is 4.84. The molecule has 1 heterocycles. The molecule has 4 nitrogen and oxygen atoms in total. The average Bonchev–Trinajstić information content (AvgIpc) is 3.20. The Bertz CT molecular complexity index is 1140. The predicted molar refractivity (Wildman–Crippen MR) is 126 cm³/mol. The molecule has 4 rings (SSSR count). The van der Waals surface area contributed by atoms with Gasteiger partial charge in [-0.15, -0.1) is 11.3 Å². The van der Waals surface area contributed by atoms with Crippen LogP contribution in [0.5, 0.6) is 0 Å². The van der Waals surface area contributed by atoms with Gasteiger partial charge in [-0.1, -0.05) is 66.7 Å². The van der Waals surface area contributed by atoms with E-state index in [2.05, 4.69) is 17.4 Å². The van der Waals surface area contributed by atoms with Gasteiger partial charge in [-0.25, -0.2) is 4.98 Å². The maximum atomic E-state index is 13.5. The fourth-order valence-electron chi connectivity index (χ4n) is 3.79. The van der Waals surface area contributed by atoms with Gasteiger partial charge >= 0.3 is 0 Å². The summed E-state index contributed by atoms with van der Waals surface area (Å²) in [6.45, 7) is 3.03. The SMILES string of the molecule is COCc1cccc(CNC(=O)C(C)(Cc2nc3ccccc3s2)c2ccccc2)c1. The third-order valence-corrected chi connectivity index (χ3v) is 6.55. The second-order valence-corrected chi connectivity index (χ2v) is 9.00. The number of fused-ring (bicyclic) bond motifs is 1. The van der Waals surface area contributed by atoms with Crippen LogP contribution in [0.2, 0.25) is 0 Å². The van der Waals surface area contributed by atoms with E-state index in [1.807, 2.05) is 73.7 Å². The van der Waals surface area contributed by atoms with Crippen LogP contribution in [0, 0.1) is 0 Å². The Balaban J connectivity index is 1.58. The lowest BCUT2D eigenvalue weighted by Gasteiger charge is -2.28. The van der Waals surface area contributed by atoms with E-state index in [0.717, 1.165) is 31.9 Å². The molecule has 0 bridgehead atoms. The third-order valence-electron chi connectivity index (χ3n) is 5.51. The number of ether oxygens (including phenoxy) is 1. The van der Waals surface area contributed by atoms with E-state index < -0.39 is 5.41 Å². The minimum absolute atomic E-state index is 0.00454. The highest BCUT2D eigenvalue weighted by atomic mass is 32.1. The smallest absolute Gasteiger partial charge is 0.231 e. The van der Waals surface area contributed by atoms with E-state index in [1.54, 1.807) is 18.4 Å². The molecule has 3 aromatic carbocycles. The molecule has 0 aliphatic heterocycles. The number of rotatable bonds is 8. The summed E-state index contributed by atoms with van der Waals surface area (Å²) >= 11 is 1.65. The van der Waals surface area contributed by atoms with Gasteiger partial charge in [-0.3, -0.25) is 4.79 Å². The number of hydrogen-bond donors (Lipinski definition) is 1. The monoisotopic (exact) mass is 430 g/mol. The number of thiazole rings is 1. The van der Waals surface area contributed by atoms with Gasteiger partial charge in [-0.2, -0.15) is 0 Å². The van der Waals surface area contributed by atoms with E-state index in [1.165, 1.54) is 0 Å². The van der Waals surface area contributed by atoms with Crippen molar-refractivity contribution >= 4 is 27.5 Å². The number of carbonyl (C=O) groups excluding carboxylic acids is 1. The number of amides is 1. The lowest BCUT2D eigenvalue weighted by atomic mass is 9.78. The van der Waals surface area contributed by atoms with Gasteiger partial charge in [0.15, 0.2) is 0 Å². The molecular formula is C26H26N2O2S. The first-order chi connectivity index (χ1) is 15.1. The van der Waals surface area contributed by atoms with E-state index >= 15 is 0 Å². The first kappa shape index (κ1) is 21.2. The van der Waals surface area contributed by atoms with Gasteiger partial charge in [0.2, 0.25) is 5.91 Å². The number of nitrogens with one attached hydrogen (secondary N) is 1. The van der Waals surface area contributed by atoms with Crippen molar-refractivity contribution in [1.29, 1.82) is 0 Å². The Morgan fingerprint density at radius 2 is 1.74 bits per heavy atom. The summed E-state index contributed by atoms with van der Waals surface area (Å²) in [7, 11) is 1.68. The lowest BCUT2D eigenvalue weighted by Crippen LogP contribution is -2.43. The molecule has 0 radical (unpaired) electrons. The highest BCUT2D eigenvalue weighted by molar-refractivity contribution is 7.18. The van der Waals surface area contributed by atoms with Crippen LogP contribution in [0.25, 0.3) is 10.2 Å². The van der Waals surface area contributed by atoms with Gasteiger partial charge in [0.05, 0.1) is 27.2 Å². The quantitative estimate of drug-likeness (QED) is 0.415. The maximum Gasteiger partial charge on any atom is 0.231 e. The van der Waals surface area contributed by atoms with Crippen LogP contribution in [-0.2, 0) is 34.5 Å². The van der Waals surface area contributed by atoms with Crippen molar-refractivity contribution in [3.05, 3.63) is 101 Å². The fourth-order valence-corrected chi connectivity index (χ4v) is 4.91. The molecule has 1 N–H and O–H groups in total. The molecule has 5 heteroatoms. The van der Waals surface area contributed by atoms with Gasteiger partial charge in [0, 0.05) is 20.1 Å². The molecule has 31 heavy (non-hydrogen) atoms. The van der Waals surface area contributed by atoms with Crippen molar-refractivity contribution in [2.45, 2.75) is 31.9 Å². The number of para-hydroxylation sites is 1. The van der Waals surface area contributed by atoms with Crippen LogP contribution in [-0.4, -0.2) is 18.0 Å². The van der Waals surface area contributed by atoms with Crippen molar-refractivity contribution in [2.75, 3.05) is 7.11 Å². The minimum atomic E-state index is -0.723. The number of nitrogens with zero attached hydrogens (tertiary/aromatic N) is 1. The average molecular weight is 431 g/mol. The summed E-state index contributed by atoms with van der Waals surface area (Å²) in [5, 5.41) is 4.12. The van der Waals surface area contributed by atoms with Crippen LogP contribution >= 0.6 is 11.3 Å². The van der Waals surface area contributed by atoms with Crippen molar-refractivity contribution < 1.29 is 9.53 Å². The topological polar surface area (TPSA) is 51.2 Å². The summed E-state index contributed by atoms with van der Waals surface area (Å²) in [6, 6.07) is 26.2. The van der Waals surface area contributed by atoms with E-state index in [-0.39, 0.29) is 5.91 Å². The van der Waals surface area contributed by atoms with Crippen LogP contribution in [0.3, 0.4) is 0 Å². The zero-order valence-corrected chi connectivity index (χ0v) is 18.6. The van der Waals surface area contributed by atoms with Crippen molar-refractivity contribution in [1.82, 2.24) is 10.3 Å². The molecule has 0 saturated heterocycles. The largest absolute Gasteiger partial charge is 0.380 e. The van der Waals surface area contributed by atoms with Crippen molar-refractivity contribution in [3.8, 4) is 0 Å². The molecule has 1 aromatic heterocycles. The zero-order chi connectivity index (χ0) is 21.7. The predicted octanol–water partition coefficient (Wildman–Crippen LogP) is 5.26. The minimum Gasteiger partial charge on any atom is -0.380 e. The molecule has 4 aromatic rings. The van der Waals surface area contributed by atoms with Gasteiger partial charge in [0.25, 0.3) is 0 Å². The highest BCUT2D eigenvalue weighted by Crippen LogP contribution is 2.32. The van der Waals surface area contributed by atoms with Gasteiger partial charge in [0.1, 0.15) is 0 Å². The summed E-state index contributed by atoms with van der Waals surface area (Å²) in [5.41, 5.74) is 3.39. The standard InChI is InChI=1S/C26H26N2O2S/c1-26(21-11-4-3-5-12-21,16-24-28-22-13-6-7-14-23(22)31-24)25(29)27-17-19-9-8-10-20(15-19)18-30-2/h3-15H,16-18H2,1-2H3,(H,27,29). The Morgan fingerprint density at radius 3 is 2.52 bits per heavy atom. The Morgan fingerprint density at radius 1 is 1.00 bits per heavy atom. The molecule has 0 aliphatic rings. The number of hydrogen-bond acceptors (Lipinski definition) is 4. The fraction of sp³-hybridized carbons (Fsp3) is 0.231. The van der Waals surface area contributed by atoms with Crippen molar-refractivity contribution in [2.24, 2.45) is 0 Å². The molecule has 0 fully saturated rings. The maximum absolute atomic E-state index is 13.5. The molecule has 0 spiro atoms. The van der Waals surface area contributed by atoms with Crippen LogP contribution in [0.15, 0.2) is 78.9 Å². The van der Waals surface area contributed by atoms with Crippen molar-refractivity contribution in [3.63, 3.8) is 0 Å². The number of methoxy groups -OCH3 is 1. The van der Waals surface area contributed by atoms with E-state index in [0.29, 0.717) is 19.6 Å². The van der Waals surface area contributed by atoms with Crippen LogP contribution < -0.4 is 5.32 Å². The first-order valence-corrected chi connectivity index (χ1v) is 11.2. The van der Waals surface area contributed by atoms with Crippen LogP contribution in [0.1, 0.15) is 28.6 Å². The van der Waals surface area contributed by atoms with Gasteiger partial charge in [-0.05, 0) is 35.7 Å². The molecule has 0 saturated carbocycles. The first-order valence-electron chi connectivity index (χ1n) is 10.3. The molecule has 1 amide bonds. The number of carbonyl (C=O) groups is 1. The number of aromatic nitrogens is 1. The Kier molecular flexibility index (Phi) is 6.44. The summed E-state index contributed by atoms with van der Waals surface area (Å²) in [6.07, 6.45) is 0.548. The molecule has 1 unspecified atom stereocenters. The molecule has 158 valence electrons. The van der Waals surface area contributed by atoms with Crippen LogP contribution in [0.4, 0.5) is 0 Å². The summed E-state index contributed by atoms with van der Waals surface area (Å²) in [5.74, 6) is -0.00454. The van der Waals surface area contributed by atoms with E-state index in [9.17, 15) is 4.79 Å². The molecular weight excluding hydrogens is 404 g/mol. The van der Waals surface area contributed by atoms with Gasteiger partial charge < -0.3 is 10.1 Å². The highest BCUT2D eigenvalue weighted by Gasteiger charge is 2.36. The normalized spacial score (nSPS) is 13.1.